The Morgan fingerprint density at radius 3 is 2.87 bits per heavy atom. The number of carbonyl (C=O) groups is 1. The summed E-state index contributed by atoms with van der Waals surface area (Å²) >= 11 is 1.42. The number of rotatable bonds is 4. The highest BCUT2D eigenvalue weighted by Crippen LogP contribution is 2.30. The first-order valence-corrected chi connectivity index (χ1v) is 7.79. The van der Waals surface area contributed by atoms with Crippen LogP contribution in [0.1, 0.15) is 17.3 Å². The SMILES string of the molecule is Cc1noc(CNC(=O)Nc2ncc(-c3ccccc3C)s2)n1. The molecule has 3 aromatic rings. The van der Waals surface area contributed by atoms with Crippen molar-refractivity contribution in [2.45, 2.75) is 20.4 Å². The molecule has 0 radical (unpaired) electrons. The van der Waals surface area contributed by atoms with E-state index in [-0.39, 0.29) is 12.6 Å². The van der Waals surface area contributed by atoms with Crippen molar-refractivity contribution in [3.05, 3.63) is 47.7 Å². The van der Waals surface area contributed by atoms with Gasteiger partial charge in [-0.1, -0.05) is 40.8 Å². The van der Waals surface area contributed by atoms with Crippen LogP contribution in [0, 0.1) is 13.8 Å². The van der Waals surface area contributed by atoms with Crippen molar-refractivity contribution in [3.63, 3.8) is 0 Å². The number of carbonyl (C=O) groups excluding carboxylic acids is 1. The number of anilines is 1. The Labute approximate surface area is 136 Å². The van der Waals surface area contributed by atoms with E-state index in [9.17, 15) is 4.79 Å². The molecule has 2 heterocycles. The molecule has 23 heavy (non-hydrogen) atoms. The summed E-state index contributed by atoms with van der Waals surface area (Å²) in [6.45, 7) is 3.93. The van der Waals surface area contributed by atoms with Crippen LogP contribution in [0.25, 0.3) is 10.4 Å². The van der Waals surface area contributed by atoms with E-state index in [0.29, 0.717) is 16.8 Å². The zero-order valence-corrected chi connectivity index (χ0v) is 13.5. The van der Waals surface area contributed by atoms with Gasteiger partial charge in [-0.2, -0.15) is 4.98 Å². The first-order chi connectivity index (χ1) is 11.1. The average molecular weight is 329 g/mol. The third-order valence-corrected chi connectivity index (χ3v) is 4.05. The van der Waals surface area contributed by atoms with Crippen LogP contribution in [0.15, 0.2) is 35.0 Å². The highest BCUT2D eigenvalue weighted by atomic mass is 32.1. The lowest BCUT2D eigenvalue weighted by atomic mass is 10.1. The molecular formula is C15H15N5O2S. The predicted octanol–water partition coefficient (Wildman–Crippen LogP) is 3.13. The number of nitrogens with one attached hydrogen (secondary N) is 2. The van der Waals surface area contributed by atoms with Gasteiger partial charge in [-0.3, -0.25) is 5.32 Å². The summed E-state index contributed by atoms with van der Waals surface area (Å²) in [5, 5.41) is 9.52. The fraction of sp³-hybridized carbons (Fsp3) is 0.200. The second-order valence-corrected chi connectivity index (χ2v) is 5.92. The molecule has 2 aromatic heterocycles. The van der Waals surface area contributed by atoms with Crippen molar-refractivity contribution in [1.29, 1.82) is 0 Å². The molecular weight excluding hydrogens is 314 g/mol. The Bertz CT molecular complexity index is 827. The van der Waals surface area contributed by atoms with E-state index in [1.54, 1.807) is 13.1 Å². The summed E-state index contributed by atoms with van der Waals surface area (Å²) in [4.78, 5) is 21.1. The van der Waals surface area contributed by atoms with E-state index in [0.717, 1.165) is 10.4 Å². The highest BCUT2D eigenvalue weighted by Gasteiger charge is 2.10. The number of hydrogen-bond donors (Lipinski definition) is 2. The molecule has 0 fully saturated rings. The van der Waals surface area contributed by atoms with Crippen LogP contribution in [-0.2, 0) is 6.54 Å². The molecule has 7 nitrogen and oxygen atoms in total. The standard InChI is InChI=1S/C15H15N5O2S/c1-9-5-3-4-6-11(9)12-7-17-15(23-12)19-14(21)16-8-13-18-10(2)20-22-13/h3-7H,8H2,1-2H3,(H2,16,17,19,21). The van der Waals surface area contributed by atoms with Crippen molar-refractivity contribution in [3.8, 4) is 10.4 Å². The van der Waals surface area contributed by atoms with E-state index in [1.807, 2.05) is 31.2 Å². The van der Waals surface area contributed by atoms with Gasteiger partial charge in [0.2, 0.25) is 5.89 Å². The third kappa shape index (κ3) is 3.72. The molecule has 0 aliphatic rings. The second-order valence-electron chi connectivity index (χ2n) is 4.89. The molecule has 0 atom stereocenters. The second kappa shape index (κ2) is 6.57. The minimum atomic E-state index is -0.369. The van der Waals surface area contributed by atoms with Crippen LogP contribution in [0.4, 0.5) is 9.93 Å². The fourth-order valence-corrected chi connectivity index (χ4v) is 2.92. The van der Waals surface area contributed by atoms with Crippen molar-refractivity contribution in [2.75, 3.05) is 5.32 Å². The van der Waals surface area contributed by atoms with E-state index >= 15 is 0 Å². The van der Waals surface area contributed by atoms with Gasteiger partial charge < -0.3 is 9.84 Å². The maximum absolute atomic E-state index is 11.9. The van der Waals surface area contributed by atoms with Gasteiger partial charge in [0.05, 0.1) is 11.4 Å². The minimum Gasteiger partial charge on any atom is -0.337 e. The molecule has 1 aromatic carbocycles. The molecule has 0 aliphatic carbocycles. The van der Waals surface area contributed by atoms with Crippen LogP contribution >= 0.6 is 11.3 Å². The van der Waals surface area contributed by atoms with Crippen molar-refractivity contribution in [1.82, 2.24) is 20.4 Å². The molecule has 0 bridgehead atoms. The summed E-state index contributed by atoms with van der Waals surface area (Å²) in [6, 6.07) is 7.68. The van der Waals surface area contributed by atoms with Crippen LogP contribution < -0.4 is 10.6 Å². The molecule has 0 spiro atoms. The number of benzene rings is 1. The van der Waals surface area contributed by atoms with Crippen LogP contribution in [0.5, 0.6) is 0 Å². The van der Waals surface area contributed by atoms with Crippen molar-refractivity contribution >= 4 is 22.5 Å². The van der Waals surface area contributed by atoms with Gasteiger partial charge in [-0.05, 0) is 25.0 Å². The number of thiazole rings is 1. The van der Waals surface area contributed by atoms with Gasteiger partial charge >= 0.3 is 6.03 Å². The Morgan fingerprint density at radius 1 is 1.30 bits per heavy atom. The van der Waals surface area contributed by atoms with Gasteiger partial charge in [0.1, 0.15) is 0 Å². The lowest BCUT2D eigenvalue weighted by molar-refractivity contribution is 0.249. The molecule has 118 valence electrons. The minimum absolute atomic E-state index is 0.169. The number of nitrogens with zero attached hydrogens (tertiary/aromatic N) is 3. The Kier molecular flexibility index (Phi) is 4.33. The average Bonchev–Trinajstić information content (AvgIpc) is 3.15. The number of hydrogen-bond acceptors (Lipinski definition) is 6. The number of urea groups is 1. The molecule has 3 rings (SSSR count). The summed E-state index contributed by atoms with van der Waals surface area (Å²) in [5.74, 6) is 0.891. The Hall–Kier alpha value is -2.74. The number of aromatic nitrogens is 3. The summed E-state index contributed by atoms with van der Waals surface area (Å²) in [5.41, 5.74) is 2.28. The monoisotopic (exact) mass is 329 g/mol. The summed E-state index contributed by atoms with van der Waals surface area (Å²) < 4.78 is 4.92. The number of aryl methyl sites for hydroxylation is 2. The predicted molar refractivity (Wildman–Crippen MR) is 87.2 cm³/mol. The fourth-order valence-electron chi connectivity index (χ4n) is 2.01. The molecule has 2 N–H and O–H groups in total. The number of amides is 2. The summed E-state index contributed by atoms with van der Waals surface area (Å²) in [7, 11) is 0. The zero-order valence-electron chi connectivity index (χ0n) is 12.7. The van der Waals surface area contributed by atoms with Gasteiger partial charge in [-0.25, -0.2) is 9.78 Å². The van der Waals surface area contributed by atoms with Crippen molar-refractivity contribution < 1.29 is 9.32 Å². The molecule has 0 saturated heterocycles. The van der Waals surface area contributed by atoms with Gasteiger partial charge in [-0.15, -0.1) is 0 Å². The summed E-state index contributed by atoms with van der Waals surface area (Å²) in [6.07, 6.45) is 1.75. The Balaban J connectivity index is 1.60. The first kappa shape index (κ1) is 15.2. The maximum atomic E-state index is 11.9. The van der Waals surface area contributed by atoms with E-state index in [1.165, 1.54) is 16.9 Å². The van der Waals surface area contributed by atoms with Gasteiger partial charge in [0.25, 0.3) is 0 Å². The van der Waals surface area contributed by atoms with Crippen molar-refractivity contribution in [2.24, 2.45) is 0 Å². The maximum Gasteiger partial charge on any atom is 0.321 e. The smallest absolute Gasteiger partial charge is 0.321 e. The van der Waals surface area contributed by atoms with Gasteiger partial charge in [0.15, 0.2) is 11.0 Å². The lowest BCUT2D eigenvalue weighted by Crippen LogP contribution is -2.28. The highest BCUT2D eigenvalue weighted by molar-refractivity contribution is 7.19. The van der Waals surface area contributed by atoms with E-state index < -0.39 is 0 Å². The van der Waals surface area contributed by atoms with Crippen LogP contribution in [-0.4, -0.2) is 21.2 Å². The molecule has 0 aliphatic heterocycles. The molecule has 2 amide bonds. The topological polar surface area (TPSA) is 92.9 Å². The molecule has 0 unspecified atom stereocenters. The van der Waals surface area contributed by atoms with Crippen LogP contribution in [0.2, 0.25) is 0 Å². The Morgan fingerprint density at radius 2 is 2.13 bits per heavy atom. The van der Waals surface area contributed by atoms with Gasteiger partial charge in [0, 0.05) is 6.20 Å². The molecule has 0 saturated carbocycles. The quantitative estimate of drug-likeness (QED) is 0.767. The third-order valence-electron chi connectivity index (χ3n) is 3.11. The zero-order chi connectivity index (χ0) is 16.2. The van der Waals surface area contributed by atoms with Crippen LogP contribution in [0.3, 0.4) is 0 Å². The van der Waals surface area contributed by atoms with E-state index in [4.69, 9.17) is 4.52 Å². The first-order valence-electron chi connectivity index (χ1n) is 6.97. The van der Waals surface area contributed by atoms with E-state index in [2.05, 4.69) is 25.8 Å². The largest absolute Gasteiger partial charge is 0.337 e. The lowest BCUT2D eigenvalue weighted by Gasteiger charge is -2.02. The normalized spacial score (nSPS) is 10.5. The molecule has 8 heteroatoms.